The van der Waals surface area contributed by atoms with Crippen LogP contribution in [0.15, 0.2) is 12.2 Å². The summed E-state index contributed by atoms with van der Waals surface area (Å²) in [6, 6.07) is 0. The molecule has 0 aromatic carbocycles. The van der Waals surface area contributed by atoms with Gasteiger partial charge in [0.25, 0.3) is 0 Å². The summed E-state index contributed by atoms with van der Waals surface area (Å²) in [5, 5.41) is 0. The summed E-state index contributed by atoms with van der Waals surface area (Å²) in [5.41, 5.74) is 0. The third kappa shape index (κ3) is 1.71. The second-order valence-electron chi connectivity index (χ2n) is 2.43. The highest BCUT2D eigenvalue weighted by Gasteiger charge is 2.27. The minimum atomic E-state index is -0.686. The van der Waals surface area contributed by atoms with E-state index in [1.165, 1.54) is 11.0 Å². The molecule has 1 saturated heterocycles. The van der Waals surface area contributed by atoms with E-state index in [-0.39, 0.29) is 5.91 Å². The van der Waals surface area contributed by atoms with Gasteiger partial charge in [0.05, 0.1) is 6.61 Å². The minimum absolute atomic E-state index is 0.174. The molecule has 0 aromatic rings. The van der Waals surface area contributed by atoms with Gasteiger partial charge in [-0.2, -0.15) is 0 Å². The van der Waals surface area contributed by atoms with Gasteiger partial charge in [-0.3, -0.25) is 9.59 Å². The lowest BCUT2D eigenvalue weighted by molar-refractivity contribution is -0.136. The van der Waals surface area contributed by atoms with E-state index >= 15 is 0 Å². The zero-order chi connectivity index (χ0) is 8.97. The standard InChI is InChI=1S/C8H11NO3/c1-2-3-7(11)9-4-5-12-8(9)6-10/h2-3,6,8H,4-5H2,1H3/b3-2+. The Morgan fingerprint density at radius 1 is 1.67 bits per heavy atom. The Bertz CT molecular complexity index is 212. The molecule has 0 bridgehead atoms. The van der Waals surface area contributed by atoms with Crippen molar-refractivity contribution in [2.45, 2.75) is 13.2 Å². The fraction of sp³-hybridized carbons (Fsp3) is 0.500. The second kappa shape index (κ2) is 4.01. The summed E-state index contributed by atoms with van der Waals surface area (Å²) in [6.07, 6.45) is 3.01. The fourth-order valence-corrected chi connectivity index (χ4v) is 1.08. The van der Waals surface area contributed by atoms with Crippen molar-refractivity contribution in [3.05, 3.63) is 12.2 Å². The SMILES string of the molecule is C/C=C/C(=O)N1CCOC1C=O. The van der Waals surface area contributed by atoms with Crippen molar-refractivity contribution in [1.82, 2.24) is 4.90 Å². The van der Waals surface area contributed by atoms with Crippen molar-refractivity contribution < 1.29 is 14.3 Å². The molecule has 1 atom stereocenters. The number of carbonyl (C=O) groups is 2. The fourth-order valence-electron chi connectivity index (χ4n) is 1.08. The highest BCUT2D eigenvalue weighted by Crippen LogP contribution is 2.07. The van der Waals surface area contributed by atoms with Crippen LogP contribution in [-0.2, 0) is 14.3 Å². The molecule has 0 aromatic heterocycles. The topological polar surface area (TPSA) is 46.6 Å². The first-order chi connectivity index (χ1) is 5.79. The minimum Gasteiger partial charge on any atom is -0.349 e. The van der Waals surface area contributed by atoms with E-state index in [0.29, 0.717) is 19.4 Å². The highest BCUT2D eigenvalue weighted by atomic mass is 16.5. The maximum atomic E-state index is 11.2. The van der Waals surface area contributed by atoms with Crippen LogP contribution in [-0.4, -0.2) is 36.5 Å². The van der Waals surface area contributed by atoms with Crippen molar-refractivity contribution in [1.29, 1.82) is 0 Å². The lowest BCUT2D eigenvalue weighted by atomic mass is 10.4. The van der Waals surface area contributed by atoms with Gasteiger partial charge in [-0.1, -0.05) is 6.08 Å². The number of amides is 1. The van der Waals surface area contributed by atoms with Crippen LogP contribution in [0.3, 0.4) is 0 Å². The average Bonchev–Trinajstić information content (AvgIpc) is 2.51. The molecule has 4 nitrogen and oxygen atoms in total. The Morgan fingerprint density at radius 2 is 2.42 bits per heavy atom. The van der Waals surface area contributed by atoms with Crippen molar-refractivity contribution in [2.24, 2.45) is 0 Å². The van der Waals surface area contributed by atoms with Crippen molar-refractivity contribution >= 4 is 12.2 Å². The zero-order valence-electron chi connectivity index (χ0n) is 6.90. The Kier molecular flexibility index (Phi) is 2.99. The number of aldehydes is 1. The third-order valence-corrected chi connectivity index (χ3v) is 1.64. The van der Waals surface area contributed by atoms with E-state index in [1.807, 2.05) is 0 Å². The second-order valence-corrected chi connectivity index (χ2v) is 2.43. The molecule has 0 N–H and O–H groups in total. The Labute approximate surface area is 70.8 Å². The number of rotatable bonds is 2. The summed E-state index contributed by atoms with van der Waals surface area (Å²) in [5.74, 6) is -0.174. The van der Waals surface area contributed by atoms with Gasteiger partial charge in [-0.25, -0.2) is 0 Å². The first-order valence-corrected chi connectivity index (χ1v) is 3.79. The van der Waals surface area contributed by atoms with Gasteiger partial charge < -0.3 is 9.64 Å². The van der Waals surface area contributed by atoms with Crippen LogP contribution in [0, 0.1) is 0 Å². The summed E-state index contributed by atoms with van der Waals surface area (Å²) in [7, 11) is 0. The van der Waals surface area contributed by atoms with E-state index in [9.17, 15) is 9.59 Å². The molecular weight excluding hydrogens is 158 g/mol. The van der Waals surface area contributed by atoms with E-state index in [2.05, 4.69) is 0 Å². The molecule has 0 spiro atoms. The summed E-state index contributed by atoms with van der Waals surface area (Å²) < 4.78 is 4.99. The van der Waals surface area contributed by atoms with Crippen LogP contribution in [0.2, 0.25) is 0 Å². The maximum absolute atomic E-state index is 11.2. The maximum Gasteiger partial charge on any atom is 0.248 e. The number of ether oxygens (including phenoxy) is 1. The van der Waals surface area contributed by atoms with E-state index in [4.69, 9.17) is 4.74 Å². The van der Waals surface area contributed by atoms with Gasteiger partial charge in [0.15, 0.2) is 12.5 Å². The number of nitrogens with zero attached hydrogens (tertiary/aromatic N) is 1. The summed E-state index contributed by atoms with van der Waals surface area (Å²) >= 11 is 0. The number of hydrogen-bond acceptors (Lipinski definition) is 3. The third-order valence-electron chi connectivity index (χ3n) is 1.64. The van der Waals surface area contributed by atoms with E-state index < -0.39 is 6.23 Å². The molecule has 1 amide bonds. The Balaban J connectivity index is 2.61. The monoisotopic (exact) mass is 169 g/mol. The molecule has 12 heavy (non-hydrogen) atoms. The predicted octanol–water partition coefficient (Wildman–Crippen LogP) is -0.0537. The summed E-state index contributed by atoms with van der Waals surface area (Å²) in [4.78, 5) is 23.0. The van der Waals surface area contributed by atoms with Crippen LogP contribution in [0.25, 0.3) is 0 Å². The molecule has 0 aliphatic carbocycles. The quantitative estimate of drug-likeness (QED) is 0.430. The molecule has 4 heteroatoms. The lowest BCUT2D eigenvalue weighted by Crippen LogP contribution is -2.35. The number of allylic oxidation sites excluding steroid dienone is 1. The van der Waals surface area contributed by atoms with Crippen LogP contribution in [0.5, 0.6) is 0 Å². The first kappa shape index (κ1) is 8.93. The first-order valence-electron chi connectivity index (χ1n) is 3.79. The Hall–Kier alpha value is -1.16. The molecular formula is C8H11NO3. The van der Waals surface area contributed by atoms with Crippen molar-refractivity contribution in [3.8, 4) is 0 Å². The molecule has 0 saturated carbocycles. The Morgan fingerprint density at radius 3 is 3.00 bits per heavy atom. The van der Waals surface area contributed by atoms with Gasteiger partial charge in [-0.15, -0.1) is 0 Å². The predicted molar refractivity (Wildman–Crippen MR) is 42.3 cm³/mol. The van der Waals surface area contributed by atoms with E-state index in [0.717, 1.165) is 0 Å². The molecule has 66 valence electrons. The summed E-state index contributed by atoms with van der Waals surface area (Å²) in [6.45, 7) is 2.68. The van der Waals surface area contributed by atoms with Gasteiger partial charge in [0.1, 0.15) is 0 Å². The zero-order valence-corrected chi connectivity index (χ0v) is 6.90. The normalized spacial score (nSPS) is 23.4. The van der Waals surface area contributed by atoms with Crippen LogP contribution in [0.1, 0.15) is 6.92 Å². The molecule has 1 aliphatic rings. The highest BCUT2D eigenvalue weighted by molar-refractivity contribution is 5.89. The van der Waals surface area contributed by atoms with Crippen molar-refractivity contribution in [2.75, 3.05) is 13.2 Å². The molecule has 0 radical (unpaired) electrons. The van der Waals surface area contributed by atoms with Crippen molar-refractivity contribution in [3.63, 3.8) is 0 Å². The largest absolute Gasteiger partial charge is 0.349 e. The van der Waals surface area contributed by atoms with Gasteiger partial charge >= 0.3 is 0 Å². The molecule has 1 aliphatic heterocycles. The van der Waals surface area contributed by atoms with Gasteiger partial charge in [0.2, 0.25) is 5.91 Å². The smallest absolute Gasteiger partial charge is 0.248 e. The number of carbonyl (C=O) groups excluding carboxylic acids is 2. The van der Waals surface area contributed by atoms with Crippen LogP contribution < -0.4 is 0 Å². The van der Waals surface area contributed by atoms with Crippen LogP contribution >= 0.6 is 0 Å². The van der Waals surface area contributed by atoms with Gasteiger partial charge in [0, 0.05) is 6.54 Å². The van der Waals surface area contributed by atoms with Gasteiger partial charge in [-0.05, 0) is 13.0 Å². The average molecular weight is 169 g/mol. The lowest BCUT2D eigenvalue weighted by Gasteiger charge is -2.15. The molecule has 1 rings (SSSR count). The van der Waals surface area contributed by atoms with E-state index in [1.54, 1.807) is 13.0 Å². The molecule has 1 unspecified atom stereocenters. The molecule has 1 heterocycles. The molecule has 1 fully saturated rings. The number of hydrogen-bond donors (Lipinski definition) is 0. The van der Waals surface area contributed by atoms with Crippen LogP contribution in [0.4, 0.5) is 0 Å².